The van der Waals surface area contributed by atoms with Gasteiger partial charge in [-0.15, -0.1) is 0 Å². The van der Waals surface area contributed by atoms with Gasteiger partial charge < -0.3 is 14.7 Å². The highest BCUT2D eigenvalue weighted by Crippen LogP contribution is 2.38. The summed E-state index contributed by atoms with van der Waals surface area (Å²) in [5, 5.41) is 2.50. The standard InChI is InChI=1S/C32H33N3O/c1-20-21(2)30-23(4)29(36-32(30)31(33)22(20)3)19-34-16-14-24(15-17-34)27-18-35(25-10-6-5-7-11-25)28-13-9-8-12-26(27)28/h5-14,18H,15-17,19,33H2,1-4H3. The van der Waals surface area contributed by atoms with Crippen molar-refractivity contribution in [2.75, 3.05) is 18.8 Å². The van der Waals surface area contributed by atoms with Gasteiger partial charge in [-0.2, -0.15) is 0 Å². The first-order chi connectivity index (χ1) is 17.4. The number of aryl methyl sites for hydroxylation is 2. The first-order valence-electron chi connectivity index (χ1n) is 12.8. The van der Waals surface area contributed by atoms with Crippen molar-refractivity contribution in [2.24, 2.45) is 0 Å². The molecular weight excluding hydrogens is 442 g/mol. The average molecular weight is 476 g/mol. The Balaban J connectivity index is 1.30. The molecule has 5 aromatic rings. The molecule has 1 aliphatic rings. The third kappa shape index (κ3) is 3.56. The summed E-state index contributed by atoms with van der Waals surface area (Å²) in [6.45, 7) is 11.3. The molecule has 0 spiro atoms. The van der Waals surface area contributed by atoms with Crippen molar-refractivity contribution in [3.05, 3.63) is 100 Å². The number of nitrogens with two attached hydrogens (primary N) is 1. The number of rotatable bonds is 4. The highest BCUT2D eigenvalue weighted by Gasteiger charge is 2.22. The number of fused-ring (bicyclic) bond motifs is 2. The van der Waals surface area contributed by atoms with E-state index < -0.39 is 0 Å². The molecule has 0 atom stereocenters. The van der Waals surface area contributed by atoms with E-state index in [1.54, 1.807) is 0 Å². The second kappa shape index (κ2) is 8.72. The third-order valence-corrected chi connectivity index (χ3v) is 8.15. The molecule has 1 aliphatic heterocycles. The summed E-state index contributed by atoms with van der Waals surface area (Å²) in [5.74, 6) is 1.03. The molecule has 4 nitrogen and oxygen atoms in total. The maximum Gasteiger partial charge on any atom is 0.158 e. The fourth-order valence-electron chi connectivity index (χ4n) is 5.73. The van der Waals surface area contributed by atoms with Crippen LogP contribution < -0.4 is 5.73 Å². The van der Waals surface area contributed by atoms with Crippen molar-refractivity contribution in [1.29, 1.82) is 0 Å². The van der Waals surface area contributed by atoms with Crippen molar-refractivity contribution < 1.29 is 4.42 Å². The van der Waals surface area contributed by atoms with E-state index in [4.69, 9.17) is 10.2 Å². The minimum absolute atomic E-state index is 0.776. The normalized spacial score (nSPS) is 14.6. The highest BCUT2D eigenvalue weighted by atomic mass is 16.3. The van der Waals surface area contributed by atoms with Crippen LogP contribution in [-0.2, 0) is 6.54 Å². The number of hydrogen-bond donors (Lipinski definition) is 1. The van der Waals surface area contributed by atoms with E-state index in [9.17, 15) is 0 Å². The van der Waals surface area contributed by atoms with Crippen LogP contribution in [0.2, 0.25) is 0 Å². The number of benzene rings is 3. The quantitative estimate of drug-likeness (QED) is 0.274. The Morgan fingerprint density at radius 3 is 2.36 bits per heavy atom. The molecule has 36 heavy (non-hydrogen) atoms. The fourth-order valence-corrected chi connectivity index (χ4v) is 5.73. The van der Waals surface area contributed by atoms with Gasteiger partial charge in [0, 0.05) is 46.9 Å². The summed E-state index contributed by atoms with van der Waals surface area (Å²) in [7, 11) is 0. The lowest BCUT2D eigenvalue weighted by Gasteiger charge is -2.25. The van der Waals surface area contributed by atoms with Crippen LogP contribution in [0, 0.1) is 27.7 Å². The number of nitrogens with zero attached hydrogens (tertiary/aromatic N) is 2. The summed E-state index contributed by atoms with van der Waals surface area (Å²) in [4.78, 5) is 2.47. The Labute approximate surface area is 212 Å². The summed E-state index contributed by atoms with van der Waals surface area (Å²) >= 11 is 0. The van der Waals surface area contributed by atoms with Crippen LogP contribution >= 0.6 is 0 Å². The van der Waals surface area contributed by atoms with Gasteiger partial charge in [-0.3, -0.25) is 4.90 Å². The molecule has 182 valence electrons. The number of anilines is 1. The predicted octanol–water partition coefficient (Wildman–Crippen LogP) is 7.48. The Kier molecular flexibility index (Phi) is 5.50. The monoisotopic (exact) mass is 475 g/mol. The van der Waals surface area contributed by atoms with Crippen molar-refractivity contribution >= 4 is 33.1 Å². The van der Waals surface area contributed by atoms with Gasteiger partial charge in [0.1, 0.15) is 5.76 Å². The molecule has 0 saturated heterocycles. The molecule has 3 heterocycles. The number of furan rings is 1. The van der Waals surface area contributed by atoms with Gasteiger partial charge in [-0.25, -0.2) is 0 Å². The van der Waals surface area contributed by atoms with Crippen molar-refractivity contribution in [2.45, 2.75) is 40.7 Å². The summed E-state index contributed by atoms with van der Waals surface area (Å²) in [6.07, 6.45) is 5.72. The topological polar surface area (TPSA) is 47.3 Å². The van der Waals surface area contributed by atoms with E-state index in [1.807, 2.05) is 0 Å². The zero-order chi connectivity index (χ0) is 25.0. The van der Waals surface area contributed by atoms with Crippen LogP contribution in [0.15, 0.2) is 71.3 Å². The maximum atomic E-state index is 6.46. The van der Waals surface area contributed by atoms with E-state index in [0.29, 0.717) is 0 Å². The molecule has 0 saturated carbocycles. The number of aromatic nitrogens is 1. The molecule has 3 aromatic carbocycles. The van der Waals surface area contributed by atoms with E-state index in [1.165, 1.54) is 49.8 Å². The van der Waals surface area contributed by atoms with E-state index in [-0.39, 0.29) is 0 Å². The summed E-state index contributed by atoms with van der Waals surface area (Å²) in [6, 6.07) is 19.3. The number of nitrogen functional groups attached to an aromatic ring is 1. The van der Waals surface area contributed by atoms with E-state index >= 15 is 0 Å². The lowest BCUT2D eigenvalue weighted by Crippen LogP contribution is -2.28. The van der Waals surface area contributed by atoms with Crippen LogP contribution in [0.1, 0.15) is 40.0 Å². The zero-order valence-corrected chi connectivity index (χ0v) is 21.6. The van der Waals surface area contributed by atoms with E-state index in [0.717, 1.165) is 48.6 Å². The van der Waals surface area contributed by atoms with E-state index in [2.05, 4.69) is 104 Å². The van der Waals surface area contributed by atoms with Crippen LogP contribution in [0.5, 0.6) is 0 Å². The van der Waals surface area contributed by atoms with Crippen LogP contribution in [0.25, 0.3) is 33.1 Å². The average Bonchev–Trinajstić information content (AvgIpc) is 3.46. The second-order valence-electron chi connectivity index (χ2n) is 10.1. The number of para-hydroxylation sites is 2. The molecule has 4 heteroatoms. The van der Waals surface area contributed by atoms with Gasteiger partial charge in [0.15, 0.2) is 5.58 Å². The van der Waals surface area contributed by atoms with Gasteiger partial charge >= 0.3 is 0 Å². The molecule has 0 radical (unpaired) electrons. The molecule has 0 aliphatic carbocycles. The first kappa shape index (κ1) is 22.7. The van der Waals surface area contributed by atoms with Gasteiger partial charge in [0.25, 0.3) is 0 Å². The largest absolute Gasteiger partial charge is 0.457 e. The molecule has 2 aromatic heterocycles. The molecule has 0 unspecified atom stereocenters. The fraction of sp³-hybridized carbons (Fsp3) is 0.250. The lowest BCUT2D eigenvalue weighted by atomic mass is 9.96. The Morgan fingerprint density at radius 2 is 1.61 bits per heavy atom. The minimum atomic E-state index is 0.776. The molecule has 0 bridgehead atoms. The highest BCUT2D eigenvalue weighted by molar-refractivity contribution is 5.96. The van der Waals surface area contributed by atoms with Crippen LogP contribution in [0.4, 0.5) is 5.69 Å². The van der Waals surface area contributed by atoms with Crippen molar-refractivity contribution in [3.8, 4) is 5.69 Å². The minimum Gasteiger partial charge on any atom is -0.457 e. The van der Waals surface area contributed by atoms with Gasteiger partial charge in [0.2, 0.25) is 0 Å². The van der Waals surface area contributed by atoms with Crippen LogP contribution in [0.3, 0.4) is 0 Å². The predicted molar refractivity (Wildman–Crippen MR) is 151 cm³/mol. The molecule has 0 fully saturated rings. The Bertz CT molecular complexity index is 1640. The van der Waals surface area contributed by atoms with Gasteiger partial charge in [-0.05, 0) is 74.6 Å². The first-order valence-corrected chi connectivity index (χ1v) is 12.8. The smallest absolute Gasteiger partial charge is 0.158 e. The third-order valence-electron chi connectivity index (χ3n) is 8.15. The number of hydrogen-bond acceptors (Lipinski definition) is 3. The van der Waals surface area contributed by atoms with Crippen LogP contribution in [-0.4, -0.2) is 22.6 Å². The molecular formula is C32H33N3O. The Hall–Kier alpha value is -3.76. The summed E-state index contributed by atoms with van der Waals surface area (Å²) in [5.41, 5.74) is 18.2. The van der Waals surface area contributed by atoms with Crippen molar-refractivity contribution in [3.63, 3.8) is 0 Å². The summed E-state index contributed by atoms with van der Waals surface area (Å²) < 4.78 is 8.69. The van der Waals surface area contributed by atoms with Gasteiger partial charge in [-0.1, -0.05) is 42.5 Å². The zero-order valence-electron chi connectivity index (χ0n) is 21.6. The molecule has 0 amide bonds. The molecule has 6 rings (SSSR count). The SMILES string of the molecule is Cc1c(C)c(C)c2c(C)c(CN3CC=C(c4cn(-c5ccccc5)c5ccccc45)CC3)oc2c1N. The van der Waals surface area contributed by atoms with Crippen molar-refractivity contribution in [1.82, 2.24) is 9.47 Å². The second-order valence-corrected chi connectivity index (χ2v) is 10.1. The molecule has 2 N–H and O–H groups in total. The maximum absolute atomic E-state index is 6.46. The van der Waals surface area contributed by atoms with Gasteiger partial charge in [0.05, 0.1) is 17.7 Å². The lowest BCUT2D eigenvalue weighted by molar-refractivity contribution is 0.270. The Morgan fingerprint density at radius 1 is 0.861 bits per heavy atom.